The Bertz CT molecular complexity index is 837. The summed E-state index contributed by atoms with van der Waals surface area (Å²) in [6, 6.07) is 7.38. The number of thioether (sulfide) groups is 1. The SMILES string of the molecule is CCOC(=O)[C@@H](CC)Sc1ccc2nnc(-c3ccncc3)n2n1. The number of hydrogen-bond acceptors (Lipinski definition) is 7. The van der Waals surface area contributed by atoms with E-state index in [0.29, 0.717) is 24.5 Å². The molecular weight excluding hydrogens is 326 g/mol. The van der Waals surface area contributed by atoms with Crippen molar-refractivity contribution in [2.75, 3.05) is 6.61 Å². The summed E-state index contributed by atoms with van der Waals surface area (Å²) >= 11 is 1.38. The molecule has 3 rings (SSSR count). The van der Waals surface area contributed by atoms with Crippen molar-refractivity contribution in [3.8, 4) is 11.4 Å². The lowest BCUT2D eigenvalue weighted by molar-refractivity contribution is -0.142. The number of carbonyl (C=O) groups excluding carboxylic acids is 1. The van der Waals surface area contributed by atoms with E-state index in [9.17, 15) is 4.79 Å². The minimum absolute atomic E-state index is 0.218. The van der Waals surface area contributed by atoms with Gasteiger partial charge in [-0.3, -0.25) is 9.78 Å². The zero-order chi connectivity index (χ0) is 16.9. The molecule has 0 aliphatic rings. The molecule has 0 fully saturated rings. The van der Waals surface area contributed by atoms with Crippen LogP contribution in [0, 0.1) is 0 Å². The number of pyridine rings is 1. The lowest BCUT2D eigenvalue weighted by Crippen LogP contribution is -2.19. The van der Waals surface area contributed by atoms with Gasteiger partial charge in [0.25, 0.3) is 0 Å². The van der Waals surface area contributed by atoms with E-state index in [1.165, 1.54) is 11.8 Å². The van der Waals surface area contributed by atoms with Gasteiger partial charge in [-0.1, -0.05) is 18.7 Å². The fourth-order valence-electron chi connectivity index (χ4n) is 2.19. The van der Waals surface area contributed by atoms with Gasteiger partial charge in [0.15, 0.2) is 11.5 Å². The Hall–Kier alpha value is -2.48. The van der Waals surface area contributed by atoms with Crippen molar-refractivity contribution in [2.24, 2.45) is 0 Å². The summed E-state index contributed by atoms with van der Waals surface area (Å²) in [6.07, 6.45) is 4.06. The van der Waals surface area contributed by atoms with Crippen LogP contribution in [-0.2, 0) is 9.53 Å². The van der Waals surface area contributed by atoms with Crippen LogP contribution in [0.4, 0.5) is 0 Å². The lowest BCUT2D eigenvalue weighted by atomic mass is 10.2. The highest BCUT2D eigenvalue weighted by molar-refractivity contribution is 8.00. The molecule has 124 valence electrons. The highest BCUT2D eigenvalue weighted by atomic mass is 32.2. The quantitative estimate of drug-likeness (QED) is 0.502. The van der Waals surface area contributed by atoms with Gasteiger partial charge in [-0.15, -0.1) is 10.2 Å². The molecule has 0 spiro atoms. The number of rotatable bonds is 6. The number of carbonyl (C=O) groups is 1. The third-order valence-corrected chi connectivity index (χ3v) is 4.63. The molecule has 0 amide bonds. The van der Waals surface area contributed by atoms with Gasteiger partial charge in [0.05, 0.1) is 6.61 Å². The van der Waals surface area contributed by atoms with Gasteiger partial charge >= 0.3 is 5.97 Å². The first kappa shape index (κ1) is 16.4. The van der Waals surface area contributed by atoms with Crippen molar-refractivity contribution in [2.45, 2.75) is 30.5 Å². The molecule has 1 atom stereocenters. The highest BCUT2D eigenvalue weighted by Gasteiger charge is 2.20. The van der Waals surface area contributed by atoms with Crippen molar-refractivity contribution >= 4 is 23.4 Å². The van der Waals surface area contributed by atoms with Crippen LogP contribution in [0.5, 0.6) is 0 Å². The molecule has 0 aliphatic carbocycles. The van der Waals surface area contributed by atoms with Crippen LogP contribution in [-0.4, -0.2) is 42.6 Å². The minimum atomic E-state index is -0.282. The van der Waals surface area contributed by atoms with Crippen LogP contribution in [0.25, 0.3) is 17.0 Å². The largest absolute Gasteiger partial charge is 0.465 e. The summed E-state index contributed by atoms with van der Waals surface area (Å²) in [5, 5.41) is 13.3. The van der Waals surface area contributed by atoms with Crippen molar-refractivity contribution in [1.82, 2.24) is 24.8 Å². The fraction of sp³-hybridized carbons (Fsp3) is 0.312. The molecule has 0 aromatic carbocycles. The monoisotopic (exact) mass is 343 g/mol. The average Bonchev–Trinajstić information content (AvgIpc) is 3.03. The minimum Gasteiger partial charge on any atom is -0.465 e. The number of ether oxygens (including phenoxy) is 1. The maximum absolute atomic E-state index is 12.0. The van der Waals surface area contributed by atoms with Crippen molar-refractivity contribution in [3.63, 3.8) is 0 Å². The van der Waals surface area contributed by atoms with E-state index >= 15 is 0 Å². The molecule has 24 heavy (non-hydrogen) atoms. The van der Waals surface area contributed by atoms with Crippen LogP contribution in [0.2, 0.25) is 0 Å². The van der Waals surface area contributed by atoms with E-state index in [2.05, 4.69) is 20.3 Å². The smallest absolute Gasteiger partial charge is 0.319 e. The van der Waals surface area contributed by atoms with Crippen LogP contribution in [0.1, 0.15) is 20.3 Å². The Labute approximate surface area is 143 Å². The molecule has 3 aromatic heterocycles. The maximum Gasteiger partial charge on any atom is 0.319 e. The Morgan fingerprint density at radius 3 is 2.71 bits per heavy atom. The number of nitrogens with zero attached hydrogens (tertiary/aromatic N) is 5. The second kappa shape index (κ2) is 7.39. The molecule has 0 saturated heterocycles. The predicted molar refractivity (Wildman–Crippen MR) is 90.6 cm³/mol. The Kier molecular flexibility index (Phi) is 5.05. The van der Waals surface area contributed by atoms with Crippen LogP contribution < -0.4 is 0 Å². The summed E-state index contributed by atoms with van der Waals surface area (Å²) in [4.78, 5) is 16.0. The summed E-state index contributed by atoms with van der Waals surface area (Å²) in [7, 11) is 0. The van der Waals surface area contributed by atoms with E-state index in [1.807, 2.05) is 31.2 Å². The third-order valence-electron chi connectivity index (χ3n) is 3.36. The molecule has 0 radical (unpaired) electrons. The average molecular weight is 343 g/mol. The fourth-order valence-corrected chi connectivity index (χ4v) is 3.09. The van der Waals surface area contributed by atoms with E-state index in [0.717, 1.165) is 10.6 Å². The zero-order valence-corrected chi connectivity index (χ0v) is 14.2. The number of esters is 1. The van der Waals surface area contributed by atoms with Crippen LogP contribution in [0.15, 0.2) is 41.7 Å². The molecule has 7 nitrogen and oxygen atoms in total. The normalized spacial score (nSPS) is 12.2. The number of aromatic nitrogens is 5. The van der Waals surface area contributed by atoms with E-state index in [4.69, 9.17) is 4.74 Å². The second-order valence-corrected chi connectivity index (χ2v) is 6.19. The van der Waals surface area contributed by atoms with Gasteiger partial charge in [0, 0.05) is 18.0 Å². The van der Waals surface area contributed by atoms with E-state index in [1.54, 1.807) is 23.8 Å². The number of fused-ring (bicyclic) bond motifs is 1. The van der Waals surface area contributed by atoms with Gasteiger partial charge in [0.2, 0.25) is 0 Å². The molecule has 0 saturated carbocycles. The molecule has 3 aromatic rings. The Morgan fingerprint density at radius 2 is 2.00 bits per heavy atom. The summed E-state index contributed by atoms with van der Waals surface area (Å²) in [5.41, 5.74) is 1.53. The van der Waals surface area contributed by atoms with Gasteiger partial charge in [-0.05, 0) is 37.6 Å². The molecule has 0 bridgehead atoms. The van der Waals surface area contributed by atoms with Gasteiger partial charge < -0.3 is 4.74 Å². The second-order valence-electron chi connectivity index (χ2n) is 4.97. The van der Waals surface area contributed by atoms with Gasteiger partial charge in [-0.2, -0.15) is 9.61 Å². The van der Waals surface area contributed by atoms with Crippen molar-refractivity contribution < 1.29 is 9.53 Å². The lowest BCUT2D eigenvalue weighted by Gasteiger charge is -2.12. The standard InChI is InChI=1S/C16H17N5O2S/c1-3-12(16(22)23-4-2)24-14-6-5-13-18-19-15(21(13)20-14)11-7-9-17-10-8-11/h5-10,12H,3-4H2,1-2H3/t12-/m1/s1. The van der Waals surface area contributed by atoms with Crippen LogP contribution in [0.3, 0.4) is 0 Å². The summed E-state index contributed by atoms with van der Waals surface area (Å²) < 4.78 is 6.78. The number of hydrogen-bond donors (Lipinski definition) is 0. The topological polar surface area (TPSA) is 82.3 Å². The van der Waals surface area contributed by atoms with Crippen molar-refractivity contribution in [1.29, 1.82) is 0 Å². The predicted octanol–water partition coefficient (Wildman–Crippen LogP) is 2.62. The first-order valence-electron chi connectivity index (χ1n) is 7.69. The third kappa shape index (κ3) is 3.38. The molecule has 0 unspecified atom stereocenters. The summed E-state index contributed by atoms with van der Waals surface area (Å²) in [6.45, 7) is 4.13. The summed E-state index contributed by atoms with van der Waals surface area (Å²) in [5.74, 6) is 0.420. The first-order chi connectivity index (χ1) is 11.7. The maximum atomic E-state index is 12.0. The van der Waals surface area contributed by atoms with Crippen molar-refractivity contribution in [3.05, 3.63) is 36.7 Å². The Balaban J connectivity index is 1.92. The molecular formula is C16H17N5O2S. The van der Waals surface area contributed by atoms with E-state index in [-0.39, 0.29) is 11.2 Å². The molecule has 0 N–H and O–H groups in total. The van der Waals surface area contributed by atoms with Gasteiger partial charge in [-0.25, -0.2) is 0 Å². The highest BCUT2D eigenvalue weighted by Crippen LogP contribution is 2.26. The van der Waals surface area contributed by atoms with Gasteiger partial charge in [0.1, 0.15) is 10.3 Å². The molecule has 8 heteroatoms. The van der Waals surface area contributed by atoms with Crippen LogP contribution >= 0.6 is 11.8 Å². The molecule has 3 heterocycles. The molecule has 0 aliphatic heterocycles. The van der Waals surface area contributed by atoms with E-state index < -0.39 is 0 Å². The Morgan fingerprint density at radius 1 is 1.21 bits per heavy atom. The first-order valence-corrected chi connectivity index (χ1v) is 8.57. The zero-order valence-electron chi connectivity index (χ0n) is 13.4.